The van der Waals surface area contributed by atoms with Gasteiger partial charge in [0, 0.05) is 17.1 Å². The first-order chi connectivity index (χ1) is 11.5. The molecule has 0 aliphatic rings. The number of halogens is 1. The minimum atomic E-state index is -0.869. The van der Waals surface area contributed by atoms with Crippen LogP contribution in [0.15, 0.2) is 48.5 Å². The number of rotatable bonds is 6. The van der Waals surface area contributed by atoms with Crippen molar-refractivity contribution in [1.82, 2.24) is 0 Å². The predicted molar refractivity (Wildman–Crippen MR) is 95.1 cm³/mol. The minimum Gasteiger partial charge on any atom is -0.453 e. The Hall–Kier alpha value is -2.33. The van der Waals surface area contributed by atoms with E-state index in [1.807, 2.05) is 43.3 Å². The Labute approximate surface area is 146 Å². The molecule has 1 atom stereocenters. The van der Waals surface area contributed by atoms with Gasteiger partial charge in [0.25, 0.3) is 5.91 Å². The van der Waals surface area contributed by atoms with E-state index in [2.05, 4.69) is 5.32 Å². The van der Waals surface area contributed by atoms with Crippen LogP contribution < -0.4 is 5.32 Å². The molecule has 0 aliphatic heterocycles. The van der Waals surface area contributed by atoms with Crippen molar-refractivity contribution in [3.8, 4) is 0 Å². The predicted octanol–water partition coefficient (Wildman–Crippen LogP) is 4.15. The maximum atomic E-state index is 12.2. The van der Waals surface area contributed by atoms with Crippen LogP contribution in [0.25, 0.3) is 0 Å². The zero-order valence-electron chi connectivity index (χ0n) is 13.7. The molecule has 0 spiro atoms. The molecule has 2 aromatic carbocycles. The standard InChI is InChI=1S/C19H20ClNO3/c1-13-8-10-16(20)12-17(13)21-19(23)14(2)24-18(22)11-9-15-6-4-3-5-7-15/h3-8,10,12,14H,9,11H2,1-2H3,(H,21,23)/t14-/m0/s1. The van der Waals surface area contributed by atoms with E-state index in [4.69, 9.17) is 16.3 Å². The monoisotopic (exact) mass is 345 g/mol. The number of benzene rings is 2. The molecule has 0 fully saturated rings. The third kappa shape index (κ3) is 5.39. The van der Waals surface area contributed by atoms with Gasteiger partial charge in [-0.25, -0.2) is 0 Å². The molecule has 4 nitrogen and oxygen atoms in total. The number of amides is 1. The molecular formula is C19H20ClNO3. The summed E-state index contributed by atoms with van der Waals surface area (Å²) in [7, 11) is 0. The van der Waals surface area contributed by atoms with Gasteiger partial charge in [0.15, 0.2) is 6.10 Å². The lowest BCUT2D eigenvalue weighted by molar-refractivity contribution is -0.153. The summed E-state index contributed by atoms with van der Waals surface area (Å²) in [5.74, 6) is -0.780. The second kappa shape index (κ2) is 8.50. The van der Waals surface area contributed by atoms with E-state index in [-0.39, 0.29) is 12.3 Å². The molecular weight excluding hydrogens is 326 g/mol. The molecule has 1 amide bonds. The lowest BCUT2D eigenvalue weighted by Gasteiger charge is -2.15. The number of hydrogen-bond acceptors (Lipinski definition) is 3. The molecule has 0 unspecified atom stereocenters. The van der Waals surface area contributed by atoms with Gasteiger partial charge in [0.2, 0.25) is 0 Å². The molecule has 2 rings (SSSR count). The Bertz CT molecular complexity index is 716. The molecule has 0 aromatic heterocycles. The highest BCUT2D eigenvalue weighted by Crippen LogP contribution is 2.20. The third-order valence-electron chi connectivity index (χ3n) is 3.60. The first-order valence-electron chi connectivity index (χ1n) is 7.76. The number of aryl methyl sites for hydroxylation is 2. The van der Waals surface area contributed by atoms with E-state index in [0.717, 1.165) is 11.1 Å². The summed E-state index contributed by atoms with van der Waals surface area (Å²) in [6, 6.07) is 14.9. The molecule has 0 radical (unpaired) electrons. The normalized spacial score (nSPS) is 11.6. The molecule has 0 saturated heterocycles. The Morgan fingerprint density at radius 1 is 1.17 bits per heavy atom. The highest BCUT2D eigenvalue weighted by Gasteiger charge is 2.18. The Morgan fingerprint density at radius 2 is 1.88 bits per heavy atom. The second-order valence-electron chi connectivity index (χ2n) is 5.57. The van der Waals surface area contributed by atoms with Gasteiger partial charge in [-0.15, -0.1) is 0 Å². The number of carbonyl (C=O) groups excluding carboxylic acids is 2. The first-order valence-corrected chi connectivity index (χ1v) is 8.14. The molecule has 2 aromatic rings. The van der Waals surface area contributed by atoms with Gasteiger partial charge < -0.3 is 10.1 Å². The Morgan fingerprint density at radius 3 is 2.58 bits per heavy atom. The summed E-state index contributed by atoms with van der Waals surface area (Å²) < 4.78 is 5.19. The summed E-state index contributed by atoms with van der Waals surface area (Å²) >= 11 is 5.93. The number of nitrogens with one attached hydrogen (secondary N) is 1. The average Bonchev–Trinajstić information content (AvgIpc) is 2.57. The van der Waals surface area contributed by atoms with Crippen LogP contribution >= 0.6 is 11.6 Å². The van der Waals surface area contributed by atoms with Crippen molar-refractivity contribution >= 4 is 29.2 Å². The summed E-state index contributed by atoms with van der Waals surface area (Å²) in [5.41, 5.74) is 2.55. The van der Waals surface area contributed by atoms with Crippen molar-refractivity contribution in [3.05, 3.63) is 64.7 Å². The smallest absolute Gasteiger partial charge is 0.306 e. The van der Waals surface area contributed by atoms with Gasteiger partial charge >= 0.3 is 5.97 Å². The molecule has 0 saturated carbocycles. The SMILES string of the molecule is Cc1ccc(Cl)cc1NC(=O)[C@H](C)OC(=O)CCc1ccccc1. The highest BCUT2D eigenvalue weighted by molar-refractivity contribution is 6.31. The Balaban J connectivity index is 1.84. The fourth-order valence-electron chi connectivity index (χ4n) is 2.16. The van der Waals surface area contributed by atoms with Crippen molar-refractivity contribution in [2.45, 2.75) is 32.8 Å². The fraction of sp³-hybridized carbons (Fsp3) is 0.263. The van der Waals surface area contributed by atoms with Crippen LogP contribution in [0.5, 0.6) is 0 Å². The maximum Gasteiger partial charge on any atom is 0.306 e. The van der Waals surface area contributed by atoms with Crippen LogP contribution in [0.2, 0.25) is 5.02 Å². The minimum absolute atomic E-state index is 0.234. The number of hydrogen-bond donors (Lipinski definition) is 1. The van der Waals surface area contributed by atoms with E-state index in [0.29, 0.717) is 17.1 Å². The summed E-state index contributed by atoms with van der Waals surface area (Å²) in [4.78, 5) is 24.0. The second-order valence-corrected chi connectivity index (χ2v) is 6.00. The lowest BCUT2D eigenvalue weighted by Crippen LogP contribution is -2.30. The first kappa shape index (κ1) is 18.0. The van der Waals surface area contributed by atoms with Gasteiger partial charge in [-0.05, 0) is 43.5 Å². The molecule has 0 aliphatic carbocycles. The molecule has 24 heavy (non-hydrogen) atoms. The highest BCUT2D eigenvalue weighted by atomic mass is 35.5. The van der Waals surface area contributed by atoms with E-state index in [9.17, 15) is 9.59 Å². The van der Waals surface area contributed by atoms with E-state index in [1.54, 1.807) is 19.1 Å². The van der Waals surface area contributed by atoms with Crippen LogP contribution in [-0.2, 0) is 20.7 Å². The van der Waals surface area contributed by atoms with Crippen LogP contribution in [0, 0.1) is 6.92 Å². The van der Waals surface area contributed by atoms with Crippen LogP contribution in [0.4, 0.5) is 5.69 Å². The van der Waals surface area contributed by atoms with Gasteiger partial charge in [-0.2, -0.15) is 0 Å². The van der Waals surface area contributed by atoms with E-state index >= 15 is 0 Å². The van der Waals surface area contributed by atoms with Crippen LogP contribution in [0.1, 0.15) is 24.5 Å². The molecule has 0 heterocycles. The summed E-state index contributed by atoms with van der Waals surface area (Å²) in [5, 5.41) is 3.26. The van der Waals surface area contributed by atoms with E-state index in [1.165, 1.54) is 0 Å². The molecule has 1 N–H and O–H groups in total. The third-order valence-corrected chi connectivity index (χ3v) is 3.83. The van der Waals surface area contributed by atoms with Crippen molar-refractivity contribution in [3.63, 3.8) is 0 Å². The van der Waals surface area contributed by atoms with Gasteiger partial charge in [-0.3, -0.25) is 9.59 Å². The molecule has 5 heteroatoms. The average molecular weight is 346 g/mol. The molecule has 0 bridgehead atoms. The fourth-order valence-corrected chi connectivity index (χ4v) is 2.34. The van der Waals surface area contributed by atoms with Crippen molar-refractivity contribution in [2.75, 3.05) is 5.32 Å². The van der Waals surface area contributed by atoms with Gasteiger partial charge in [0.05, 0.1) is 0 Å². The van der Waals surface area contributed by atoms with Gasteiger partial charge in [-0.1, -0.05) is 48.0 Å². The van der Waals surface area contributed by atoms with Crippen molar-refractivity contribution in [2.24, 2.45) is 0 Å². The van der Waals surface area contributed by atoms with Gasteiger partial charge in [0.1, 0.15) is 0 Å². The number of carbonyl (C=O) groups is 2. The van der Waals surface area contributed by atoms with E-state index < -0.39 is 12.1 Å². The maximum absolute atomic E-state index is 12.2. The van der Waals surface area contributed by atoms with Crippen LogP contribution in [-0.4, -0.2) is 18.0 Å². The number of anilines is 1. The van der Waals surface area contributed by atoms with Crippen molar-refractivity contribution < 1.29 is 14.3 Å². The zero-order chi connectivity index (χ0) is 17.5. The topological polar surface area (TPSA) is 55.4 Å². The molecule has 126 valence electrons. The summed E-state index contributed by atoms with van der Waals surface area (Å²) in [6.45, 7) is 3.41. The zero-order valence-corrected chi connectivity index (χ0v) is 14.5. The lowest BCUT2D eigenvalue weighted by atomic mass is 10.1. The quantitative estimate of drug-likeness (QED) is 0.800. The number of ether oxygens (including phenoxy) is 1. The largest absolute Gasteiger partial charge is 0.453 e. The van der Waals surface area contributed by atoms with Crippen molar-refractivity contribution in [1.29, 1.82) is 0 Å². The number of esters is 1. The van der Waals surface area contributed by atoms with Crippen LogP contribution in [0.3, 0.4) is 0 Å². The Kier molecular flexibility index (Phi) is 6.38. The summed E-state index contributed by atoms with van der Waals surface area (Å²) in [6.07, 6.45) is -0.0501.